The minimum atomic E-state index is -3.14. The summed E-state index contributed by atoms with van der Waals surface area (Å²) in [6, 6.07) is 1.73. The summed E-state index contributed by atoms with van der Waals surface area (Å²) < 4.78 is 25.0. The molecule has 8 nitrogen and oxygen atoms in total. The SMILES string of the molecule is CCS(=O)(=O)N1CCC(C(=O)NCCNc2ncccn2)CC1. The fourth-order valence-corrected chi connectivity index (χ4v) is 3.61. The van der Waals surface area contributed by atoms with Crippen molar-refractivity contribution < 1.29 is 13.2 Å². The normalized spacial score (nSPS) is 16.9. The Kier molecular flexibility index (Phi) is 6.28. The molecule has 1 amide bonds. The molecule has 2 N–H and O–H groups in total. The molecule has 0 bridgehead atoms. The van der Waals surface area contributed by atoms with Crippen molar-refractivity contribution in [1.29, 1.82) is 0 Å². The van der Waals surface area contributed by atoms with Crippen molar-refractivity contribution in [2.45, 2.75) is 19.8 Å². The Labute approximate surface area is 136 Å². The predicted molar refractivity (Wildman–Crippen MR) is 87.3 cm³/mol. The van der Waals surface area contributed by atoms with E-state index >= 15 is 0 Å². The fourth-order valence-electron chi connectivity index (χ4n) is 2.47. The van der Waals surface area contributed by atoms with E-state index in [0.717, 1.165) is 0 Å². The van der Waals surface area contributed by atoms with Crippen LogP contribution < -0.4 is 10.6 Å². The van der Waals surface area contributed by atoms with Gasteiger partial charge in [-0.2, -0.15) is 0 Å². The second-order valence-corrected chi connectivity index (χ2v) is 7.62. The molecule has 0 unspecified atom stereocenters. The summed E-state index contributed by atoms with van der Waals surface area (Å²) in [6.45, 7) is 3.50. The van der Waals surface area contributed by atoms with Crippen LogP contribution in [0, 0.1) is 5.92 Å². The third-order valence-corrected chi connectivity index (χ3v) is 5.74. The standard InChI is InChI=1S/C14H23N5O3S/c1-2-23(21,22)19-10-4-12(5-11-19)13(20)15-8-9-18-14-16-6-3-7-17-14/h3,6-7,12H,2,4-5,8-11H2,1H3,(H,15,20)(H,16,17,18). The maximum absolute atomic E-state index is 12.1. The van der Waals surface area contributed by atoms with Crippen LogP contribution in [0.3, 0.4) is 0 Å². The summed E-state index contributed by atoms with van der Waals surface area (Å²) in [6.07, 6.45) is 4.43. The number of hydrogen-bond donors (Lipinski definition) is 2. The molecule has 1 aromatic rings. The topological polar surface area (TPSA) is 104 Å². The molecule has 128 valence electrons. The Hall–Kier alpha value is -1.74. The van der Waals surface area contributed by atoms with Gasteiger partial charge in [-0.3, -0.25) is 4.79 Å². The highest BCUT2D eigenvalue weighted by molar-refractivity contribution is 7.89. The molecule has 0 spiro atoms. The first-order chi connectivity index (χ1) is 11.0. The van der Waals surface area contributed by atoms with E-state index in [1.807, 2.05) is 0 Å². The molecule has 0 aliphatic carbocycles. The molecule has 0 aromatic carbocycles. The summed E-state index contributed by atoms with van der Waals surface area (Å²) in [4.78, 5) is 20.2. The number of carbonyl (C=O) groups excluding carboxylic acids is 1. The minimum absolute atomic E-state index is 0.0191. The lowest BCUT2D eigenvalue weighted by molar-refractivity contribution is -0.126. The Balaban J connectivity index is 1.67. The molecule has 1 aliphatic rings. The van der Waals surface area contributed by atoms with Gasteiger partial charge < -0.3 is 10.6 Å². The van der Waals surface area contributed by atoms with Gasteiger partial charge in [0, 0.05) is 44.5 Å². The summed E-state index contributed by atoms with van der Waals surface area (Å²) in [7, 11) is -3.14. The molecule has 1 saturated heterocycles. The van der Waals surface area contributed by atoms with Crippen LogP contribution in [0.4, 0.5) is 5.95 Å². The quantitative estimate of drug-likeness (QED) is 0.680. The van der Waals surface area contributed by atoms with Crippen LogP contribution in [-0.4, -0.2) is 60.5 Å². The molecular weight excluding hydrogens is 318 g/mol. The third kappa shape index (κ3) is 5.14. The van der Waals surface area contributed by atoms with Gasteiger partial charge in [0.25, 0.3) is 0 Å². The zero-order valence-corrected chi connectivity index (χ0v) is 14.1. The van der Waals surface area contributed by atoms with E-state index in [2.05, 4.69) is 20.6 Å². The average molecular weight is 341 g/mol. The highest BCUT2D eigenvalue weighted by Crippen LogP contribution is 2.19. The van der Waals surface area contributed by atoms with Crippen LogP contribution in [0.1, 0.15) is 19.8 Å². The maximum Gasteiger partial charge on any atom is 0.223 e. The lowest BCUT2D eigenvalue weighted by Crippen LogP contribution is -2.44. The summed E-state index contributed by atoms with van der Waals surface area (Å²) in [5, 5.41) is 5.88. The number of sulfonamides is 1. The Morgan fingerprint density at radius 1 is 1.26 bits per heavy atom. The van der Waals surface area contributed by atoms with E-state index in [4.69, 9.17) is 0 Å². The van der Waals surface area contributed by atoms with Crippen LogP contribution in [0.25, 0.3) is 0 Å². The van der Waals surface area contributed by atoms with E-state index in [-0.39, 0.29) is 17.6 Å². The average Bonchev–Trinajstić information content (AvgIpc) is 2.59. The number of nitrogens with zero attached hydrogens (tertiary/aromatic N) is 3. The first-order valence-electron chi connectivity index (χ1n) is 7.79. The van der Waals surface area contributed by atoms with Crippen molar-refractivity contribution in [3.8, 4) is 0 Å². The molecule has 23 heavy (non-hydrogen) atoms. The molecule has 2 heterocycles. The van der Waals surface area contributed by atoms with Crippen molar-refractivity contribution in [2.75, 3.05) is 37.2 Å². The smallest absolute Gasteiger partial charge is 0.223 e. The predicted octanol–water partition coefficient (Wildman–Crippen LogP) is 0.0664. The van der Waals surface area contributed by atoms with E-state index in [1.54, 1.807) is 25.4 Å². The van der Waals surface area contributed by atoms with Gasteiger partial charge in [-0.25, -0.2) is 22.7 Å². The van der Waals surface area contributed by atoms with Gasteiger partial charge in [0.05, 0.1) is 5.75 Å². The number of hydrogen-bond acceptors (Lipinski definition) is 6. The van der Waals surface area contributed by atoms with Gasteiger partial charge in [-0.05, 0) is 25.8 Å². The third-order valence-electron chi connectivity index (χ3n) is 3.86. The summed E-state index contributed by atoms with van der Waals surface area (Å²) in [5.74, 6) is 0.498. The zero-order chi connectivity index (χ0) is 16.7. The van der Waals surface area contributed by atoms with Crippen LogP contribution in [0.5, 0.6) is 0 Å². The number of aromatic nitrogens is 2. The van der Waals surface area contributed by atoms with Crippen molar-refractivity contribution in [2.24, 2.45) is 5.92 Å². The van der Waals surface area contributed by atoms with Gasteiger partial charge in [0.2, 0.25) is 21.9 Å². The van der Waals surface area contributed by atoms with E-state index < -0.39 is 10.0 Å². The van der Waals surface area contributed by atoms with Crippen molar-refractivity contribution in [3.05, 3.63) is 18.5 Å². The molecule has 0 radical (unpaired) electrons. The first-order valence-corrected chi connectivity index (χ1v) is 9.40. The monoisotopic (exact) mass is 341 g/mol. The second kappa shape index (κ2) is 8.21. The van der Waals surface area contributed by atoms with Crippen LogP contribution in [0.15, 0.2) is 18.5 Å². The van der Waals surface area contributed by atoms with Gasteiger partial charge >= 0.3 is 0 Å². The number of nitrogens with one attached hydrogen (secondary N) is 2. The maximum atomic E-state index is 12.1. The molecule has 9 heteroatoms. The van der Waals surface area contributed by atoms with Crippen molar-refractivity contribution in [3.63, 3.8) is 0 Å². The Morgan fingerprint density at radius 2 is 1.91 bits per heavy atom. The van der Waals surface area contributed by atoms with Gasteiger partial charge in [0.15, 0.2) is 0 Å². The molecule has 2 rings (SSSR count). The summed E-state index contributed by atoms with van der Waals surface area (Å²) >= 11 is 0. The van der Waals surface area contributed by atoms with Crippen LogP contribution in [-0.2, 0) is 14.8 Å². The molecule has 1 aliphatic heterocycles. The number of carbonyl (C=O) groups is 1. The molecule has 0 atom stereocenters. The first kappa shape index (κ1) is 17.6. The fraction of sp³-hybridized carbons (Fsp3) is 0.643. The number of piperidine rings is 1. The lowest BCUT2D eigenvalue weighted by atomic mass is 9.97. The van der Waals surface area contributed by atoms with Gasteiger partial charge in [-0.15, -0.1) is 0 Å². The van der Waals surface area contributed by atoms with E-state index in [0.29, 0.717) is 45.0 Å². The Morgan fingerprint density at radius 3 is 2.52 bits per heavy atom. The number of rotatable bonds is 7. The molecule has 0 saturated carbocycles. The van der Waals surface area contributed by atoms with E-state index in [9.17, 15) is 13.2 Å². The van der Waals surface area contributed by atoms with Gasteiger partial charge in [0.1, 0.15) is 0 Å². The summed E-state index contributed by atoms with van der Waals surface area (Å²) in [5.41, 5.74) is 0. The lowest BCUT2D eigenvalue weighted by Gasteiger charge is -2.30. The van der Waals surface area contributed by atoms with Gasteiger partial charge in [-0.1, -0.05) is 0 Å². The highest BCUT2D eigenvalue weighted by Gasteiger charge is 2.29. The minimum Gasteiger partial charge on any atom is -0.354 e. The Bertz CT molecular complexity index is 600. The number of anilines is 1. The molecule has 1 aromatic heterocycles. The number of amides is 1. The highest BCUT2D eigenvalue weighted by atomic mass is 32.2. The largest absolute Gasteiger partial charge is 0.354 e. The molecular formula is C14H23N5O3S. The zero-order valence-electron chi connectivity index (χ0n) is 13.2. The van der Waals surface area contributed by atoms with E-state index in [1.165, 1.54) is 4.31 Å². The van der Waals surface area contributed by atoms with Crippen molar-refractivity contribution in [1.82, 2.24) is 19.6 Å². The van der Waals surface area contributed by atoms with Crippen LogP contribution >= 0.6 is 0 Å². The molecule has 1 fully saturated rings. The van der Waals surface area contributed by atoms with Crippen LogP contribution in [0.2, 0.25) is 0 Å². The van der Waals surface area contributed by atoms with Crippen molar-refractivity contribution >= 4 is 21.9 Å². The second-order valence-electron chi connectivity index (χ2n) is 5.36.